The van der Waals surface area contributed by atoms with E-state index in [9.17, 15) is 13.9 Å². The van der Waals surface area contributed by atoms with Gasteiger partial charge in [-0.2, -0.15) is 19.0 Å². The third-order valence-corrected chi connectivity index (χ3v) is 6.50. The maximum Gasteiger partial charge on any atom is 0.310 e. The second-order valence-corrected chi connectivity index (χ2v) is 9.03. The van der Waals surface area contributed by atoms with Crippen molar-refractivity contribution in [1.82, 2.24) is 10.2 Å². The smallest absolute Gasteiger partial charge is 0.310 e. The van der Waals surface area contributed by atoms with Gasteiger partial charge in [-0.25, -0.2) is 0 Å². The van der Waals surface area contributed by atoms with Crippen molar-refractivity contribution in [2.24, 2.45) is 0 Å². The molecule has 5 rings (SSSR count). The molecule has 0 radical (unpaired) electrons. The van der Waals surface area contributed by atoms with Crippen molar-refractivity contribution >= 4 is 22.3 Å². The molecule has 32 heavy (non-hydrogen) atoms. The summed E-state index contributed by atoms with van der Waals surface area (Å²) in [6.45, 7) is 4.72. The van der Waals surface area contributed by atoms with Gasteiger partial charge in [0, 0.05) is 29.7 Å². The summed E-state index contributed by atoms with van der Waals surface area (Å²) in [5.41, 5.74) is 2.58. The lowest BCUT2D eigenvalue weighted by Crippen LogP contribution is -2.42. The van der Waals surface area contributed by atoms with E-state index < -0.39 is 18.1 Å². The fourth-order valence-electron chi connectivity index (χ4n) is 4.50. The van der Waals surface area contributed by atoms with Crippen LogP contribution in [0.4, 0.5) is 20.2 Å². The van der Waals surface area contributed by atoms with Crippen LogP contribution in [0.1, 0.15) is 43.9 Å². The molecule has 0 spiro atoms. The lowest BCUT2D eigenvalue weighted by Gasteiger charge is -2.37. The van der Waals surface area contributed by atoms with Gasteiger partial charge in [0.1, 0.15) is 5.75 Å². The summed E-state index contributed by atoms with van der Waals surface area (Å²) in [6, 6.07) is 10.6. The van der Waals surface area contributed by atoms with Gasteiger partial charge in [0.15, 0.2) is 6.61 Å². The first-order chi connectivity index (χ1) is 15.2. The zero-order valence-corrected chi connectivity index (χ0v) is 18.1. The Morgan fingerprint density at radius 1 is 1.19 bits per heavy atom. The molecule has 1 fully saturated rings. The van der Waals surface area contributed by atoms with Gasteiger partial charge in [-0.05, 0) is 51.0 Å². The van der Waals surface area contributed by atoms with Crippen molar-refractivity contribution in [3.8, 4) is 5.75 Å². The number of hydrogen-bond acceptors (Lipinski definition) is 6. The van der Waals surface area contributed by atoms with Gasteiger partial charge in [-0.15, -0.1) is 0 Å². The number of halogens is 2. The van der Waals surface area contributed by atoms with E-state index in [-0.39, 0.29) is 17.4 Å². The number of rotatable bonds is 4. The molecule has 8 heteroatoms. The van der Waals surface area contributed by atoms with Crippen LogP contribution in [0, 0.1) is 0 Å². The standard InChI is InChI=1S/C24H26F2N4O2/c1-15(17-4-3-5-19-22(17)32-14-24(19,25)26)28-21-13-27-29-20-7-6-16(12-18(20)21)30-10-8-23(2,31)9-11-30/h3-7,12-13,15,31H,8-11,14H2,1-2H3,(H,28,29)/t15-/m1/s1. The van der Waals surface area contributed by atoms with Crippen molar-refractivity contribution in [3.05, 3.63) is 53.7 Å². The van der Waals surface area contributed by atoms with Crippen LogP contribution < -0.4 is 15.0 Å². The number of alkyl halides is 2. The van der Waals surface area contributed by atoms with E-state index in [1.807, 2.05) is 26.0 Å². The summed E-state index contributed by atoms with van der Waals surface area (Å²) in [6.07, 6.45) is 3.08. The third-order valence-electron chi connectivity index (χ3n) is 6.50. The highest BCUT2D eigenvalue weighted by Gasteiger charge is 2.42. The van der Waals surface area contributed by atoms with Gasteiger partial charge in [0.2, 0.25) is 0 Å². The number of nitrogens with one attached hydrogen (secondary N) is 1. The first-order valence-corrected chi connectivity index (χ1v) is 10.9. The van der Waals surface area contributed by atoms with E-state index in [1.165, 1.54) is 6.07 Å². The van der Waals surface area contributed by atoms with Crippen molar-refractivity contribution in [3.63, 3.8) is 0 Å². The minimum atomic E-state index is -2.97. The Kier molecular flexibility index (Phi) is 4.93. The molecule has 1 saturated heterocycles. The van der Waals surface area contributed by atoms with E-state index in [1.54, 1.807) is 18.3 Å². The number of aromatic nitrogens is 2. The van der Waals surface area contributed by atoms with Crippen LogP contribution in [0.15, 0.2) is 42.6 Å². The fraction of sp³-hybridized carbons (Fsp3) is 0.417. The summed E-state index contributed by atoms with van der Waals surface area (Å²) >= 11 is 0. The van der Waals surface area contributed by atoms with Gasteiger partial charge >= 0.3 is 5.92 Å². The quantitative estimate of drug-likeness (QED) is 0.616. The first-order valence-electron chi connectivity index (χ1n) is 10.9. The molecular formula is C24H26F2N4O2. The zero-order chi connectivity index (χ0) is 22.5. The summed E-state index contributed by atoms with van der Waals surface area (Å²) in [5.74, 6) is -2.71. The van der Waals surface area contributed by atoms with E-state index in [0.29, 0.717) is 18.4 Å². The number of ether oxygens (including phenoxy) is 1. The van der Waals surface area contributed by atoms with E-state index in [2.05, 4.69) is 26.5 Å². The molecule has 1 atom stereocenters. The predicted octanol–water partition coefficient (Wildman–Crippen LogP) is 4.64. The Morgan fingerprint density at radius 2 is 1.97 bits per heavy atom. The molecule has 6 nitrogen and oxygen atoms in total. The Balaban J connectivity index is 1.44. The molecule has 2 N–H and O–H groups in total. The average molecular weight is 440 g/mol. The molecule has 3 heterocycles. The highest BCUT2D eigenvalue weighted by molar-refractivity contribution is 5.93. The topological polar surface area (TPSA) is 70.5 Å². The Bertz CT molecular complexity index is 1160. The monoisotopic (exact) mass is 440 g/mol. The fourth-order valence-corrected chi connectivity index (χ4v) is 4.50. The lowest BCUT2D eigenvalue weighted by molar-refractivity contribution is -0.0214. The van der Waals surface area contributed by atoms with Gasteiger partial charge in [0.05, 0.1) is 34.6 Å². The van der Waals surface area contributed by atoms with Gasteiger partial charge in [0.25, 0.3) is 0 Å². The van der Waals surface area contributed by atoms with Crippen LogP contribution in [-0.2, 0) is 5.92 Å². The number of piperidine rings is 1. The molecule has 168 valence electrons. The second-order valence-electron chi connectivity index (χ2n) is 9.03. The summed E-state index contributed by atoms with van der Waals surface area (Å²) in [7, 11) is 0. The molecule has 0 aliphatic carbocycles. The molecule has 0 amide bonds. The molecule has 2 aliphatic rings. The average Bonchev–Trinajstić information content (AvgIpc) is 3.08. The van der Waals surface area contributed by atoms with Gasteiger partial charge in [-0.3, -0.25) is 0 Å². The van der Waals surface area contributed by atoms with Crippen LogP contribution in [0.5, 0.6) is 5.75 Å². The maximum atomic E-state index is 14.1. The Labute approximate surface area is 185 Å². The number of aliphatic hydroxyl groups is 1. The normalized spacial score (nSPS) is 20.0. The number of anilines is 2. The largest absolute Gasteiger partial charge is 0.486 e. The molecule has 1 aromatic heterocycles. The molecule has 0 saturated carbocycles. The maximum absolute atomic E-state index is 14.1. The van der Waals surface area contributed by atoms with Gasteiger partial charge < -0.3 is 20.1 Å². The SMILES string of the molecule is C[C@@H](Nc1cnnc2ccc(N3CCC(C)(O)CC3)cc12)c1cccc2c1OCC2(F)F. The number of fused-ring (bicyclic) bond motifs is 2. The van der Waals surface area contributed by atoms with Crippen LogP contribution in [0.25, 0.3) is 10.9 Å². The van der Waals surface area contributed by atoms with E-state index in [4.69, 9.17) is 4.74 Å². The summed E-state index contributed by atoms with van der Waals surface area (Å²) in [4.78, 5) is 2.26. The number of nitrogens with zero attached hydrogens (tertiary/aromatic N) is 3. The summed E-state index contributed by atoms with van der Waals surface area (Å²) in [5, 5.41) is 22.9. The Hall–Kier alpha value is -3.00. The minimum absolute atomic E-state index is 0.0652. The highest BCUT2D eigenvalue weighted by atomic mass is 19.3. The molecule has 0 unspecified atom stereocenters. The molecule has 2 aromatic carbocycles. The minimum Gasteiger partial charge on any atom is -0.486 e. The van der Waals surface area contributed by atoms with Crippen molar-refractivity contribution in [2.75, 3.05) is 29.9 Å². The second kappa shape index (κ2) is 7.55. The number of hydrogen-bond donors (Lipinski definition) is 2. The molecular weight excluding hydrogens is 414 g/mol. The van der Waals surface area contributed by atoms with Crippen LogP contribution in [-0.4, -0.2) is 40.6 Å². The predicted molar refractivity (Wildman–Crippen MR) is 119 cm³/mol. The molecule has 2 aliphatic heterocycles. The lowest BCUT2D eigenvalue weighted by atomic mass is 9.93. The summed E-state index contributed by atoms with van der Waals surface area (Å²) < 4.78 is 33.6. The van der Waals surface area contributed by atoms with E-state index in [0.717, 1.165) is 35.4 Å². The highest BCUT2D eigenvalue weighted by Crippen LogP contribution is 2.45. The number of benzene rings is 2. The third kappa shape index (κ3) is 3.72. The first kappa shape index (κ1) is 20.9. The molecule has 3 aromatic rings. The Morgan fingerprint density at radius 3 is 2.75 bits per heavy atom. The van der Waals surface area contributed by atoms with Crippen LogP contribution >= 0.6 is 0 Å². The molecule has 0 bridgehead atoms. The number of para-hydroxylation sites is 1. The van der Waals surface area contributed by atoms with Crippen molar-refractivity contribution in [2.45, 2.75) is 44.3 Å². The van der Waals surface area contributed by atoms with E-state index >= 15 is 0 Å². The van der Waals surface area contributed by atoms with Crippen LogP contribution in [0.3, 0.4) is 0 Å². The van der Waals surface area contributed by atoms with Crippen molar-refractivity contribution in [1.29, 1.82) is 0 Å². The van der Waals surface area contributed by atoms with Crippen molar-refractivity contribution < 1.29 is 18.6 Å². The van der Waals surface area contributed by atoms with Crippen LogP contribution in [0.2, 0.25) is 0 Å². The zero-order valence-electron chi connectivity index (χ0n) is 18.1. The van der Waals surface area contributed by atoms with Gasteiger partial charge in [-0.1, -0.05) is 12.1 Å².